The number of benzene rings is 1. The minimum Gasteiger partial charge on any atom is -0.363 e. The summed E-state index contributed by atoms with van der Waals surface area (Å²) in [5.74, 6) is 0.443. The number of likely N-dealkylation sites (tertiary alicyclic amines) is 1. The van der Waals surface area contributed by atoms with Crippen LogP contribution in [0.1, 0.15) is 46.9 Å². The van der Waals surface area contributed by atoms with Crippen molar-refractivity contribution >= 4 is 5.91 Å². The van der Waals surface area contributed by atoms with E-state index in [1.54, 1.807) is 0 Å². The lowest BCUT2D eigenvalue weighted by molar-refractivity contribution is 0.0987. The molecule has 6 heteroatoms. The maximum absolute atomic E-state index is 11.0. The zero-order valence-corrected chi connectivity index (χ0v) is 14.1. The van der Waals surface area contributed by atoms with E-state index in [1.165, 1.54) is 30.4 Å². The van der Waals surface area contributed by atoms with Crippen LogP contribution in [0.3, 0.4) is 0 Å². The lowest BCUT2D eigenvalue weighted by Gasteiger charge is -2.31. The summed E-state index contributed by atoms with van der Waals surface area (Å²) >= 11 is 0. The van der Waals surface area contributed by atoms with Gasteiger partial charge in [-0.3, -0.25) is 9.69 Å². The van der Waals surface area contributed by atoms with Crippen molar-refractivity contribution in [1.82, 2.24) is 15.0 Å². The Balaban J connectivity index is 1.52. The molecule has 128 valence electrons. The second-order valence-corrected chi connectivity index (χ2v) is 6.58. The highest BCUT2D eigenvalue weighted by Gasteiger charge is 2.22. The largest absolute Gasteiger partial charge is 0.363 e. The van der Waals surface area contributed by atoms with Crippen LogP contribution in [-0.4, -0.2) is 34.0 Å². The van der Waals surface area contributed by atoms with Crippen LogP contribution in [0, 0.1) is 12.8 Å². The molecule has 3 rings (SSSR count). The molecule has 0 aliphatic carbocycles. The molecule has 1 fully saturated rings. The molecule has 0 radical (unpaired) electrons. The molecule has 2 heterocycles. The average molecular weight is 328 g/mol. The van der Waals surface area contributed by atoms with Crippen LogP contribution in [0.15, 0.2) is 28.8 Å². The zero-order chi connectivity index (χ0) is 16.9. The van der Waals surface area contributed by atoms with Crippen molar-refractivity contribution in [2.75, 3.05) is 13.1 Å². The van der Waals surface area contributed by atoms with Crippen molar-refractivity contribution in [3.05, 3.63) is 47.1 Å². The second kappa shape index (κ2) is 7.57. The van der Waals surface area contributed by atoms with Gasteiger partial charge in [0.05, 0.1) is 6.54 Å². The Labute approximate surface area is 142 Å². The molecular formula is C18H24N4O2. The Hall–Kier alpha value is -2.21. The lowest BCUT2D eigenvalue weighted by Crippen LogP contribution is -2.35. The summed E-state index contributed by atoms with van der Waals surface area (Å²) in [7, 11) is 0. The summed E-state index contributed by atoms with van der Waals surface area (Å²) < 4.78 is 5.11. The first kappa shape index (κ1) is 16.6. The Kier molecular flexibility index (Phi) is 5.25. The molecule has 0 spiro atoms. The van der Waals surface area contributed by atoms with Gasteiger partial charge in [0.15, 0.2) is 0 Å². The van der Waals surface area contributed by atoms with Crippen molar-refractivity contribution < 1.29 is 9.32 Å². The molecule has 6 nitrogen and oxygen atoms in total. The maximum Gasteiger partial charge on any atom is 0.290 e. The second-order valence-electron chi connectivity index (χ2n) is 6.58. The van der Waals surface area contributed by atoms with Crippen LogP contribution in [0.25, 0.3) is 0 Å². The Morgan fingerprint density at radius 1 is 1.42 bits per heavy atom. The fourth-order valence-corrected chi connectivity index (χ4v) is 3.39. The number of rotatable bonds is 6. The fraction of sp³-hybridized carbons (Fsp3) is 0.500. The first-order valence-corrected chi connectivity index (χ1v) is 8.51. The van der Waals surface area contributed by atoms with E-state index in [9.17, 15) is 4.79 Å². The number of primary amides is 1. The molecule has 1 amide bonds. The SMILES string of the molecule is Cc1ccccc1CC[C@H]1CCCN(Cc2nc(C(N)=O)no2)C1. The minimum absolute atomic E-state index is 0.0434. The van der Waals surface area contributed by atoms with Crippen molar-refractivity contribution in [3.63, 3.8) is 0 Å². The van der Waals surface area contributed by atoms with Crippen LogP contribution in [0.5, 0.6) is 0 Å². The predicted octanol–water partition coefficient (Wildman–Crippen LogP) is 2.32. The number of carbonyl (C=O) groups excluding carboxylic acids is 1. The van der Waals surface area contributed by atoms with Crippen molar-refractivity contribution in [2.24, 2.45) is 11.7 Å². The average Bonchev–Trinajstić information content (AvgIpc) is 3.03. The first-order valence-electron chi connectivity index (χ1n) is 8.51. The number of hydrogen-bond acceptors (Lipinski definition) is 5. The van der Waals surface area contributed by atoms with E-state index in [4.69, 9.17) is 10.3 Å². The summed E-state index contributed by atoms with van der Waals surface area (Å²) in [6.45, 7) is 4.81. The summed E-state index contributed by atoms with van der Waals surface area (Å²) in [5, 5.41) is 3.60. The number of aromatic nitrogens is 2. The number of nitrogens with zero attached hydrogens (tertiary/aromatic N) is 3. The van der Waals surface area contributed by atoms with Crippen LogP contribution < -0.4 is 5.73 Å². The fourth-order valence-electron chi connectivity index (χ4n) is 3.39. The molecule has 24 heavy (non-hydrogen) atoms. The third kappa shape index (κ3) is 4.20. The van der Waals surface area contributed by atoms with Gasteiger partial charge >= 0.3 is 0 Å². The molecule has 0 bridgehead atoms. The van der Waals surface area contributed by atoms with Gasteiger partial charge in [0.25, 0.3) is 11.7 Å². The molecule has 1 saturated heterocycles. The van der Waals surface area contributed by atoms with Crippen molar-refractivity contribution in [1.29, 1.82) is 0 Å². The highest BCUT2D eigenvalue weighted by Crippen LogP contribution is 2.23. The smallest absolute Gasteiger partial charge is 0.290 e. The van der Waals surface area contributed by atoms with Gasteiger partial charge in [-0.1, -0.05) is 29.4 Å². The van der Waals surface area contributed by atoms with Crippen LogP contribution in [-0.2, 0) is 13.0 Å². The number of piperidine rings is 1. The molecule has 1 aromatic heterocycles. The molecule has 1 aliphatic heterocycles. The van der Waals surface area contributed by atoms with Crippen LogP contribution >= 0.6 is 0 Å². The van der Waals surface area contributed by atoms with E-state index in [-0.39, 0.29) is 5.82 Å². The standard InChI is InChI=1S/C18H24N4O2/c1-13-5-2-3-7-15(13)9-8-14-6-4-10-22(11-14)12-16-20-18(17(19)23)21-24-16/h2-3,5,7,14H,4,6,8-12H2,1H3,(H2,19,23)/t14-/m1/s1. The van der Waals surface area contributed by atoms with E-state index in [0.29, 0.717) is 18.4 Å². The zero-order valence-electron chi connectivity index (χ0n) is 14.1. The first-order chi connectivity index (χ1) is 11.6. The van der Waals surface area contributed by atoms with Gasteiger partial charge in [0.1, 0.15) is 0 Å². The highest BCUT2D eigenvalue weighted by molar-refractivity contribution is 5.88. The van der Waals surface area contributed by atoms with E-state index in [2.05, 4.69) is 46.2 Å². The van der Waals surface area contributed by atoms with E-state index >= 15 is 0 Å². The minimum atomic E-state index is -0.653. The summed E-state index contributed by atoms with van der Waals surface area (Å²) in [6.07, 6.45) is 4.75. The number of aryl methyl sites for hydroxylation is 2. The third-order valence-electron chi connectivity index (χ3n) is 4.73. The van der Waals surface area contributed by atoms with E-state index in [1.807, 2.05) is 0 Å². The quantitative estimate of drug-likeness (QED) is 0.879. The number of nitrogens with two attached hydrogens (primary N) is 1. The molecule has 1 aromatic carbocycles. The maximum atomic E-state index is 11.0. The molecule has 0 unspecified atom stereocenters. The topological polar surface area (TPSA) is 85.3 Å². The lowest BCUT2D eigenvalue weighted by atomic mass is 9.90. The Morgan fingerprint density at radius 3 is 3.00 bits per heavy atom. The Bertz CT molecular complexity index is 698. The van der Waals surface area contributed by atoms with Gasteiger partial charge in [0, 0.05) is 6.54 Å². The normalized spacial score (nSPS) is 18.6. The van der Waals surface area contributed by atoms with Gasteiger partial charge in [-0.2, -0.15) is 4.98 Å². The van der Waals surface area contributed by atoms with Crippen LogP contribution in [0.2, 0.25) is 0 Å². The van der Waals surface area contributed by atoms with Crippen molar-refractivity contribution in [2.45, 2.75) is 39.2 Å². The van der Waals surface area contributed by atoms with Gasteiger partial charge < -0.3 is 10.3 Å². The molecule has 2 N–H and O–H groups in total. The molecule has 0 saturated carbocycles. The summed E-state index contributed by atoms with van der Waals surface area (Å²) in [6, 6.07) is 8.60. The number of carbonyl (C=O) groups is 1. The highest BCUT2D eigenvalue weighted by atomic mass is 16.5. The van der Waals surface area contributed by atoms with Gasteiger partial charge in [0.2, 0.25) is 5.89 Å². The van der Waals surface area contributed by atoms with E-state index < -0.39 is 5.91 Å². The number of amides is 1. The van der Waals surface area contributed by atoms with Crippen molar-refractivity contribution in [3.8, 4) is 0 Å². The van der Waals surface area contributed by atoms with Gasteiger partial charge in [-0.05, 0) is 56.2 Å². The third-order valence-corrected chi connectivity index (χ3v) is 4.73. The van der Waals surface area contributed by atoms with Gasteiger partial charge in [-0.25, -0.2) is 0 Å². The molecule has 2 aromatic rings. The molecular weight excluding hydrogens is 304 g/mol. The summed E-state index contributed by atoms with van der Waals surface area (Å²) in [5.41, 5.74) is 7.96. The van der Waals surface area contributed by atoms with Gasteiger partial charge in [-0.15, -0.1) is 0 Å². The summed E-state index contributed by atoms with van der Waals surface area (Å²) in [4.78, 5) is 17.4. The monoisotopic (exact) mass is 328 g/mol. The Morgan fingerprint density at radius 2 is 2.25 bits per heavy atom. The number of hydrogen-bond donors (Lipinski definition) is 1. The van der Waals surface area contributed by atoms with E-state index in [0.717, 1.165) is 19.5 Å². The van der Waals surface area contributed by atoms with Crippen LogP contribution in [0.4, 0.5) is 0 Å². The predicted molar refractivity (Wildman–Crippen MR) is 90.3 cm³/mol. The molecule has 1 aliphatic rings. The molecule has 1 atom stereocenters.